The second kappa shape index (κ2) is 17.6. The third-order valence-electron chi connectivity index (χ3n) is 11.9. The van der Waals surface area contributed by atoms with Crippen LogP contribution in [0.25, 0.3) is 16.5 Å². The van der Waals surface area contributed by atoms with Crippen molar-refractivity contribution in [2.75, 3.05) is 57.4 Å². The van der Waals surface area contributed by atoms with Crippen LogP contribution < -0.4 is 19.1 Å². The molecule has 3 aliphatic rings. The molecule has 0 saturated carbocycles. The van der Waals surface area contributed by atoms with Crippen molar-refractivity contribution in [2.24, 2.45) is 5.41 Å². The SMILES string of the molecule is CC1(C)CCC(CN2CCN(c3ccc(C(=O)NS(=O)(=O)c4ccc(OCC5(F)CCOCC5)c(Cl)c4)c(Oc4cc5cc[nH]c5cc4F)c3)CC2)=C(c2ccc(Cl)cc2)C1. The fourth-order valence-corrected chi connectivity index (χ4v) is 9.64. The molecule has 0 bridgehead atoms. The number of H-pyrrole nitrogens is 1. The first-order valence-corrected chi connectivity index (χ1v) is 22.7. The van der Waals surface area contributed by atoms with E-state index in [1.807, 2.05) is 12.1 Å². The molecule has 322 valence electrons. The van der Waals surface area contributed by atoms with Crippen molar-refractivity contribution in [2.45, 2.75) is 56.5 Å². The lowest BCUT2D eigenvalue weighted by atomic mass is 9.72. The fourth-order valence-electron chi connectivity index (χ4n) is 8.22. The Morgan fingerprint density at radius 2 is 1.66 bits per heavy atom. The van der Waals surface area contributed by atoms with Crippen molar-refractivity contribution in [3.63, 3.8) is 0 Å². The van der Waals surface area contributed by atoms with Gasteiger partial charge in [-0.15, -0.1) is 0 Å². The number of allylic oxidation sites excluding steroid dienone is 1. The summed E-state index contributed by atoms with van der Waals surface area (Å²) < 4.78 is 76.8. The van der Waals surface area contributed by atoms with Gasteiger partial charge in [0.15, 0.2) is 11.6 Å². The van der Waals surface area contributed by atoms with Crippen LogP contribution in [0.1, 0.15) is 61.9 Å². The number of hydrogen-bond acceptors (Lipinski definition) is 8. The Kier molecular flexibility index (Phi) is 12.4. The highest BCUT2D eigenvalue weighted by Crippen LogP contribution is 2.44. The lowest BCUT2D eigenvalue weighted by Crippen LogP contribution is -2.47. The average Bonchev–Trinajstić information content (AvgIpc) is 3.68. The molecule has 2 aliphatic heterocycles. The molecule has 2 saturated heterocycles. The number of benzene rings is 4. The van der Waals surface area contributed by atoms with Gasteiger partial charge in [-0.3, -0.25) is 9.69 Å². The van der Waals surface area contributed by atoms with Gasteiger partial charge in [0.05, 0.1) is 15.5 Å². The van der Waals surface area contributed by atoms with E-state index in [2.05, 4.69) is 45.5 Å². The first kappa shape index (κ1) is 43.0. The van der Waals surface area contributed by atoms with Crippen LogP contribution in [0.5, 0.6) is 17.2 Å². The van der Waals surface area contributed by atoms with E-state index in [0.717, 1.165) is 55.7 Å². The highest BCUT2D eigenvalue weighted by molar-refractivity contribution is 7.90. The Morgan fingerprint density at radius 1 is 0.902 bits per heavy atom. The number of carbonyl (C=O) groups excluding carboxylic acids is 1. The van der Waals surface area contributed by atoms with Gasteiger partial charge in [-0.05, 0) is 90.4 Å². The van der Waals surface area contributed by atoms with Crippen molar-refractivity contribution in [3.05, 3.63) is 118 Å². The minimum atomic E-state index is -4.48. The number of aromatic nitrogens is 1. The highest BCUT2D eigenvalue weighted by Gasteiger charge is 2.34. The van der Waals surface area contributed by atoms with Gasteiger partial charge in [-0.1, -0.05) is 54.8 Å². The van der Waals surface area contributed by atoms with Gasteiger partial charge in [0.1, 0.15) is 23.8 Å². The molecule has 3 heterocycles. The maximum Gasteiger partial charge on any atom is 0.268 e. The third-order valence-corrected chi connectivity index (χ3v) is 13.8. The average molecular weight is 894 g/mol. The van der Waals surface area contributed by atoms with Gasteiger partial charge in [0.25, 0.3) is 15.9 Å². The van der Waals surface area contributed by atoms with E-state index in [4.69, 9.17) is 37.4 Å². The highest BCUT2D eigenvalue weighted by atomic mass is 35.5. The molecule has 15 heteroatoms. The van der Waals surface area contributed by atoms with Crippen LogP contribution in [-0.2, 0) is 14.8 Å². The monoisotopic (exact) mass is 892 g/mol. The van der Waals surface area contributed by atoms with Gasteiger partial charge >= 0.3 is 0 Å². The Hall–Kier alpha value is -4.66. The van der Waals surface area contributed by atoms with E-state index in [1.54, 1.807) is 24.4 Å². The zero-order chi connectivity index (χ0) is 42.9. The van der Waals surface area contributed by atoms with E-state index in [0.29, 0.717) is 24.0 Å². The Bertz CT molecular complexity index is 2570. The number of anilines is 1. The van der Waals surface area contributed by atoms with Crippen LogP contribution in [-0.4, -0.2) is 82.4 Å². The zero-order valence-corrected chi connectivity index (χ0v) is 36.4. The second-order valence-corrected chi connectivity index (χ2v) is 19.4. The molecule has 5 aromatic rings. The lowest BCUT2D eigenvalue weighted by Gasteiger charge is -2.39. The Balaban J connectivity index is 1.00. The van der Waals surface area contributed by atoms with Crippen LogP contribution >= 0.6 is 23.2 Å². The summed E-state index contributed by atoms with van der Waals surface area (Å²) in [6, 6.07) is 21.2. The summed E-state index contributed by atoms with van der Waals surface area (Å²) in [5, 5.41) is 1.33. The predicted octanol–water partition coefficient (Wildman–Crippen LogP) is 10.2. The van der Waals surface area contributed by atoms with E-state index >= 15 is 8.78 Å². The molecular weight excluding hydrogens is 845 g/mol. The van der Waals surface area contributed by atoms with Gasteiger partial charge in [0.2, 0.25) is 0 Å². The van der Waals surface area contributed by atoms with Crippen LogP contribution in [0.3, 0.4) is 0 Å². The number of nitrogens with one attached hydrogen (secondary N) is 2. The number of fused-ring (bicyclic) bond motifs is 1. The van der Waals surface area contributed by atoms with E-state index in [1.165, 1.54) is 47.0 Å². The van der Waals surface area contributed by atoms with E-state index in [9.17, 15) is 13.2 Å². The molecule has 2 fully saturated rings. The maximum absolute atomic E-state index is 15.4. The number of halogens is 4. The van der Waals surface area contributed by atoms with Gasteiger partial charge in [0, 0.05) is 98.7 Å². The number of sulfonamides is 1. The standard InChI is InChI=1S/C46H48Cl2F2N4O6S/c1-45(2)13-11-32(37(27-45)30-3-5-33(47)6-4-30)28-53-17-19-54(20-18-53)34-7-9-36(42(24-34)60-43-23-31-12-16-51-40(31)26-39(43)49)44(55)52-61(56,57)35-8-10-41(38(48)25-35)59-29-46(50)14-21-58-22-15-46/h3-10,12,16,23-26,51H,11,13-15,17-22,27-29H2,1-2H3,(H,52,55). The first-order valence-electron chi connectivity index (χ1n) is 20.4. The van der Waals surface area contributed by atoms with Crippen molar-refractivity contribution in [1.29, 1.82) is 0 Å². The maximum atomic E-state index is 15.4. The first-order chi connectivity index (χ1) is 29.1. The molecule has 2 N–H and O–H groups in total. The molecule has 4 aromatic carbocycles. The Labute approximate surface area is 364 Å². The van der Waals surface area contributed by atoms with Crippen molar-refractivity contribution < 1.29 is 36.2 Å². The van der Waals surface area contributed by atoms with E-state index in [-0.39, 0.29) is 70.8 Å². The number of amides is 1. The molecular formula is C46H48Cl2F2N4O6S. The van der Waals surface area contributed by atoms with Crippen LogP contribution in [0.2, 0.25) is 10.0 Å². The number of alkyl halides is 1. The number of ether oxygens (including phenoxy) is 3. The van der Waals surface area contributed by atoms with Crippen molar-refractivity contribution in [1.82, 2.24) is 14.6 Å². The molecule has 1 aromatic heterocycles. The topological polar surface area (TPSA) is 113 Å². The molecule has 0 spiro atoms. The molecule has 10 nitrogen and oxygen atoms in total. The quantitative estimate of drug-likeness (QED) is 0.127. The second-order valence-electron chi connectivity index (χ2n) is 16.9. The summed E-state index contributed by atoms with van der Waals surface area (Å²) in [6.07, 6.45) is 5.17. The fraction of sp³-hybridized carbons (Fsp3) is 0.370. The minimum Gasteiger partial charge on any atom is -0.489 e. The molecule has 0 radical (unpaired) electrons. The van der Waals surface area contributed by atoms with Gasteiger partial charge < -0.3 is 24.1 Å². The third kappa shape index (κ3) is 10.0. The van der Waals surface area contributed by atoms with Crippen molar-refractivity contribution in [3.8, 4) is 17.2 Å². The van der Waals surface area contributed by atoms with Crippen LogP contribution in [0.15, 0.2) is 95.5 Å². The molecule has 1 aliphatic carbocycles. The summed E-state index contributed by atoms with van der Waals surface area (Å²) in [6.45, 7) is 8.72. The Morgan fingerprint density at radius 3 is 2.39 bits per heavy atom. The number of aromatic amines is 1. The largest absolute Gasteiger partial charge is 0.489 e. The number of piperazine rings is 1. The van der Waals surface area contributed by atoms with Gasteiger partial charge in [-0.25, -0.2) is 21.9 Å². The molecule has 0 atom stereocenters. The normalized spacial score (nSPS) is 18.3. The zero-order valence-electron chi connectivity index (χ0n) is 34.0. The number of rotatable bonds is 12. The summed E-state index contributed by atoms with van der Waals surface area (Å²) >= 11 is 12.6. The molecule has 8 rings (SSSR count). The molecule has 0 unspecified atom stereocenters. The minimum absolute atomic E-state index is 0.0287. The summed E-state index contributed by atoms with van der Waals surface area (Å²) in [4.78, 5) is 21.1. The number of carbonyl (C=O) groups is 1. The number of hydrogen-bond donors (Lipinski definition) is 2. The lowest BCUT2D eigenvalue weighted by molar-refractivity contribution is -0.0323. The smallest absolute Gasteiger partial charge is 0.268 e. The summed E-state index contributed by atoms with van der Waals surface area (Å²) in [7, 11) is -4.48. The van der Waals surface area contributed by atoms with Gasteiger partial charge in [-0.2, -0.15) is 0 Å². The van der Waals surface area contributed by atoms with Crippen LogP contribution in [0, 0.1) is 11.2 Å². The summed E-state index contributed by atoms with van der Waals surface area (Å²) in [5.41, 5.74) is 3.85. The molecule has 61 heavy (non-hydrogen) atoms. The molecule has 1 amide bonds. The predicted molar refractivity (Wildman–Crippen MR) is 235 cm³/mol. The van der Waals surface area contributed by atoms with Crippen molar-refractivity contribution >= 4 is 61.3 Å². The number of nitrogens with zero attached hydrogens (tertiary/aromatic N) is 2. The summed E-state index contributed by atoms with van der Waals surface area (Å²) in [5.74, 6) is -1.73. The van der Waals surface area contributed by atoms with E-state index < -0.39 is 27.4 Å². The van der Waals surface area contributed by atoms with Crippen LogP contribution in [0.4, 0.5) is 14.5 Å².